The van der Waals surface area contributed by atoms with Gasteiger partial charge >= 0.3 is 6.03 Å². The van der Waals surface area contributed by atoms with Gasteiger partial charge in [0.1, 0.15) is 11.6 Å². The number of ketones is 1. The zero-order valence-electron chi connectivity index (χ0n) is 20.0. The Bertz CT molecular complexity index is 1220. The zero-order chi connectivity index (χ0) is 25.0. The van der Waals surface area contributed by atoms with E-state index in [4.69, 9.17) is 4.74 Å². The predicted octanol–water partition coefficient (Wildman–Crippen LogP) is 5.37. The lowest BCUT2D eigenvalue weighted by Gasteiger charge is -2.46. The number of methoxy groups -OCH3 is 1. The van der Waals surface area contributed by atoms with E-state index in [0.29, 0.717) is 23.4 Å². The molecule has 180 valence electrons. The number of likely N-dealkylation sites (tertiary alicyclic amines) is 1. The Morgan fingerprint density at radius 3 is 2.49 bits per heavy atom. The topological polar surface area (TPSA) is 71.5 Å². The van der Waals surface area contributed by atoms with Crippen molar-refractivity contribution >= 4 is 23.6 Å². The smallest absolute Gasteiger partial charge is 0.322 e. The van der Waals surface area contributed by atoms with Crippen LogP contribution in [0.25, 0.3) is 6.08 Å². The van der Waals surface area contributed by atoms with E-state index in [2.05, 4.69) is 10.3 Å². The molecular weight excluding hydrogens is 445 g/mol. The number of pyridine rings is 1. The number of hydrogen-bond acceptors (Lipinski definition) is 4. The molecule has 4 rings (SSSR count). The molecule has 1 aromatic heterocycles. The maximum absolute atomic E-state index is 13.6. The first-order chi connectivity index (χ1) is 16.8. The molecular formula is C28H28FN3O3. The maximum Gasteiger partial charge on any atom is 0.322 e. The molecule has 0 saturated carbocycles. The number of carbonyl (C=O) groups is 2. The van der Waals surface area contributed by atoms with Gasteiger partial charge in [0.15, 0.2) is 5.78 Å². The molecule has 2 amide bonds. The van der Waals surface area contributed by atoms with E-state index in [0.717, 1.165) is 11.3 Å². The van der Waals surface area contributed by atoms with Crippen LogP contribution in [0.4, 0.5) is 14.9 Å². The van der Waals surface area contributed by atoms with Crippen LogP contribution in [0, 0.1) is 11.2 Å². The Labute approximate surface area is 204 Å². The van der Waals surface area contributed by atoms with Crippen LogP contribution in [0.15, 0.2) is 78.5 Å². The van der Waals surface area contributed by atoms with E-state index >= 15 is 0 Å². The summed E-state index contributed by atoms with van der Waals surface area (Å²) in [6.07, 6.45) is 3.89. The van der Waals surface area contributed by atoms with Crippen LogP contribution in [-0.4, -0.2) is 41.4 Å². The van der Waals surface area contributed by atoms with Crippen LogP contribution >= 0.6 is 0 Å². The van der Waals surface area contributed by atoms with Gasteiger partial charge in [0, 0.05) is 22.9 Å². The highest BCUT2D eigenvalue weighted by Gasteiger charge is 2.47. The van der Waals surface area contributed by atoms with Crippen LogP contribution in [0.1, 0.15) is 25.1 Å². The minimum absolute atomic E-state index is 0.0208. The Morgan fingerprint density at radius 1 is 1.14 bits per heavy atom. The molecule has 0 radical (unpaired) electrons. The van der Waals surface area contributed by atoms with Gasteiger partial charge in [-0.2, -0.15) is 0 Å². The number of Topliss-reactive ketones (excluding diaryl/α,β-unsaturated/α-hetero) is 1. The lowest BCUT2D eigenvalue weighted by molar-refractivity contribution is -0.128. The van der Waals surface area contributed by atoms with E-state index in [1.807, 2.05) is 56.3 Å². The van der Waals surface area contributed by atoms with E-state index in [1.54, 1.807) is 24.3 Å². The number of hydrogen-bond donors (Lipinski definition) is 1. The fourth-order valence-corrected chi connectivity index (χ4v) is 4.36. The lowest BCUT2D eigenvalue weighted by atomic mass is 9.71. The fourth-order valence-electron chi connectivity index (χ4n) is 4.36. The number of nitrogens with zero attached hydrogens (tertiary/aromatic N) is 2. The highest BCUT2D eigenvalue weighted by atomic mass is 19.1. The third-order valence-electron chi connectivity index (χ3n) is 6.38. The molecule has 1 atom stereocenters. The molecule has 0 spiro atoms. The number of halogens is 1. The van der Waals surface area contributed by atoms with Gasteiger partial charge in [-0.1, -0.05) is 32.0 Å². The van der Waals surface area contributed by atoms with Crippen molar-refractivity contribution in [3.05, 3.63) is 95.6 Å². The minimum Gasteiger partial charge on any atom is -0.497 e. The van der Waals surface area contributed by atoms with Crippen molar-refractivity contribution < 1.29 is 18.7 Å². The number of ether oxygens (including phenoxy) is 1. The predicted molar refractivity (Wildman–Crippen MR) is 134 cm³/mol. The molecule has 1 saturated heterocycles. The van der Waals surface area contributed by atoms with E-state index in [9.17, 15) is 14.0 Å². The number of urea groups is 1. The molecule has 0 bridgehead atoms. The van der Waals surface area contributed by atoms with Crippen molar-refractivity contribution in [2.24, 2.45) is 5.41 Å². The molecule has 1 aliphatic rings. The summed E-state index contributed by atoms with van der Waals surface area (Å²) < 4.78 is 18.6. The third-order valence-corrected chi connectivity index (χ3v) is 6.38. The number of nitrogens with one attached hydrogen (secondary N) is 1. The van der Waals surface area contributed by atoms with Gasteiger partial charge in [0.25, 0.3) is 0 Å². The summed E-state index contributed by atoms with van der Waals surface area (Å²) in [5.74, 6) is 0.331. The Hall–Kier alpha value is -4.00. The SMILES string of the molecule is COc1ccc(CC2N(C(=O)Nc3ccc(F)cc3)CC(=Cc3ccccn3)C(=O)C2(C)C)cc1. The van der Waals surface area contributed by atoms with Crippen LogP contribution < -0.4 is 10.1 Å². The highest BCUT2D eigenvalue weighted by Crippen LogP contribution is 2.38. The molecule has 2 aromatic carbocycles. The van der Waals surface area contributed by atoms with Crippen molar-refractivity contribution in [1.29, 1.82) is 0 Å². The Balaban J connectivity index is 1.69. The summed E-state index contributed by atoms with van der Waals surface area (Å²) in [6, 6.07) is 17.9. The average molecular weight is 474 g/mol. The normalized spacial score (nSPS) is 18.4. The van der Waals surface area contributed by atoms with Crippen LogP contribution in [0.2, 0.25) is 0 Å². The molecule has 7 heteroatoms. The molecule has 2 heterocycles. The summed E-state index contributed by atoms with van der Waals surface area (Å²) in [7, 11) is 1.61. The van der Waals surface area contributed by atoms with Crippen LogP contribution in [0.5, 0.6) is 5.75 Å². The molecule has 1 N–H and O–H groups in total. The van der Waals surface area contributed by atoms with Crippen molar-refractivity contribution in [2.45, 2.75) is 26.3 Å². The molecule has 6 nitrogen and oxygen atoms in total. The van der Waals surface area contributed by atoms with E-state index < -0.39 is 11.5 Å². The first-order valence-corrected chi connectivity index (χ1v) is 11.4. The first-order valence-electron chi connectivity index (χ1n) is 11.4. The van der Waals surface area contributed by atoms with Gasteiger partial charge < -0.3 is 15.0 Å². The molecule has 35 heavy (non-hydrogen) atoms. The summed E-state index contributed by atoms with van der Waals surface area (Å²) in [5, 5.41) is 2.86. The Morgan fingerprint density at radius 2 is 1.86 bits per heavy atom. The Kier molecular flexibility index (Phi) is 6.96. The number of carbonyl (C=O) groups excluding carboxylic acids is 2. The molecule has 1 aliphatic heterocycles. The maximum atomic E-state index is 13.6. The van der Waals surface area contributed by atoms with Crippen molar-refractivity contribution in [2.75, 3.05) is 19.0 Å². The van der Waals surface area contributed by atoms with E-state index in [-0.39, 0.29) is 24.2 Å². The number of piperidine rings is 1. The first kappa shape index (κ1) is 24.1. The monoisotopic (exact) mass is 473 g/mol. The van der Waals surface area contributed by atoms with Gasteiger partial charge in [0.2, 0.25) is 0 Å². The summed E-state index contributed by atoms with van der Waals surface area (Å²) in [4.78, 5) is 33.1. The number of amides is 2. The quantitative estimate of drug-likeness (QED) is 0.506. The summed E-state index contributed by atoms with van der Waals surface area (Å²) in [6.45, 7) is 3.87. The van der Waals surface area contributed by atoms with Crippen molar-refractivity contribution in [1.82, 2.24) is 9.88 Å². The van der Waals surface area contributed by atoms with Crippen molar-refractivity contribution in [3.63, 3.8) is 0 Å². The second-order valence-corrected chi connectivity index (χ2v) is 9.11. The second kappa shape index (κ2) is 10.1. The third kappa shape index (κ3) is 5.40. The highest BCUT2D eigenvalue weighted by molar-refractivity contribution is 6.06. The van der Waals surface area contributed by atoms with Crippen LogP contribution in [-0.2, 0) is 11.2 Å². The molecule has 0 aliphatic carbocycles. The molecule has 3 aromatic rings. The molecule has 1 fully saturated rings. The molecule has 1 unspecified atom stereocenters. The summed E-state index contributed by atoms with van der Waals surface area (Å²) in [5.41, 5.74) is 1.75. The standard InChI is InChI=1S/C28H28FN3O3/c1-28(2)25(16-19-7-13-24(35-3)14-8-19)32(27(34)31-22-11-9-21(29)10-12-22)18-20(26(28)33)17-23-6-4-5-15-30-23/h4-15,17,25H,16,18H2,1-3H3,(H,31,34). The summed E-state index contributed by atoms with van der Waals surface area (Å²) >= 11 is 0. The largest absolute Gasteiger partial charge is 0.497 e. The number of anilines is 1. The van der Waals surface area contributed by atoms with Crippen LogP contribution in [0.3, 0.4) is 0 Å². The number of rotatable bonds is 5. The fraction of sp³-hybridized carbons (Fsp3) is 0.250. The minimum atomic E-state index is -0.862. The number of benzene rings is 2. The zero-order valence-corrected chi connectivity index (χ0v) is 20.0. The van der Waals surface area contributed by atoms with E-state index in [1.165, 1.54) is 24.3 Å². The number of aromatic nitrogens is 1. The van der Waals surface area contributed by atoms with Crippen molar-refractivity contribution in [3.8, 4) is 5.75 Å². The lowest BCUT2D eigenvalue weighted by Crippen LogP contribution is -2.59. The second-order valence-electron chi connectivity index (χ2n) is 9.11. The van der Waals surface area contributed by atoms with Gasteiger partial charge in [-0.3, -0.25) is 9.78 Å². The average Bonchev–Trinajstić information content (AvgIpc) is 2.86. The van der Waals surface area contributed by atoms with Gasteiger partial charge in [-0.15, -0.1) is 0 Å². The van der Waals surface area contributed by atoms with Gasteiger partial charge in [0.05, 0.1) is 25.4 Å². The van der Waals surface area contributed by atoms with Gasteiger partial charge in [-0.25, -0.2) is 9.18 Å². The van der Waals surface area contributed by atoms with Gasteiger partial charge in [-0.05, 0) is 66.6 Å².